The number of carbonyl (C=O) groups excluding carboxylic acids is 1. The van der Waals surface area contributed by atoms with Crippen LogP contribution in [0.25, 0.3) is 11.3 Å². The van der Waals surface area contributed by atoms with E-state index in [1.165, 1.54) is 36.5 Å². The van der Waals surface area contributed by atoms with Gasteiger partial charge in [-0.25, -0.2) is 19.3 Å². The quantitative estimate of drug-likeness (QED) is 0.260. The van der Waals surface area contributed by atoms with Gasteiger partial charge < -0.3 is 22.1 Å². The summed E-state index contributed by atoms with van der Waals surface area (Å²) in [4.78, 5) is 26.1. The van der Waals surface area contributed by atoms with Crippen molar-refractivity contribution in [3.63, 3.8) is 0 Å². The lowest BCUT2D eigenvalue weighted by molar-refractivity contribution is 0.102. The predicted octanol–water partition coefficient (Wildman–Crippen LogP) is 4.28. The van der Waals surface area contributed by atoms with Gasteiger partial charge in [-0.15, -0.1) is 0 Å². The fourth-order valence-corrected chi connectivity index (χ4v) is 3.67. The third-order valence-electron chi connectivity index (χ3n) is 5.79. The fraction of sp³-hybridized carbons (Fsp3) is 0.179. The van der Waals surface area contributed by atoms with Gasteiger partial charge in [0.05, 0.1) is 28.7 Å². The molecule has 2 aromatic carbocycles. The van der Waals surface area contributed by atoms with Crippen molar-refractivity contribution in [2.24, 2.45) is 5.73 Å². The lowest BCUT2D eigenvalue weighted by atomic mass is 10.1. The number of nitriles is 1. The molecule has 0 aliphatic heterocycles. The third kappa shape index (κ3) is 6.66. The summed E-state index contributed by atoms with van der Waals surface area (Å²) in [5, 5.41) is 15.1. The molecule has 0 aliphatic rings. The third-order valence-corrected chi connectivity index (χ3v) is 5.79. The van der Waals surface area contributed by atoms with E-state index in [4.69, 9.17) is 11.5 Å². The first-order valence-electron chi connectivity index (χ1n) is 12.0. The highest BCUT2D eigenvalue weighted by molar-refractivity contribution is 6.07. The van der Waals surface area contributed by atoms with E-state index in [1.54, 1.807) is 6.20 Å². The van der Waals surface area contributed by atoms with Crippen LogP contribution in [0.3, 0.4) is 0 Å². The number of nitrogens with zero attached hydrogens (tertiary/aromatic N) is 4. The maximum atomic E-state index is 13.2. The molecule has 1 unspecified atom stereocenters. The Bertz CT molecular complexity index is 1460. The summed E-state index contributed by atoms with van der Waals surface area (Å²) in [6.45, 7) is 2.32. The second kappa shape index (κ2) is 11.9. The van der Waals surface area contributed by atoms with Gasteiger partial charge in [0, 0.05) is 30.0 Å². The molecule has 0 bridgehead atoms. The Morgan fingerprint density at radius 3 is 2.53 bits per heavy atom. The minimum absolute atomic E-state index is 0.0479. The summed E-state index contributed by atoms with van der Waals surface area (Å²) in [5.74, 6) is -0.157. The van der Waals surface area contributed by atoms with Crippen molar-refractivity contribution in [3.8, 4) is 17.3 Å². The molecule has 1 atom stereocenters. The average molecular weight is 511 g/mol. The number of amides is 1. The number of hydrogen-bond donors (Lipinski definition) is 4. The van der Waals surface area contributed by atoms with Gasteiger partial charge in [0.15, 0.2) is 0 Å². The Kier molecular flexibility index (Phi) is 8.20. The van der Waals surface area contributed by atoms with Crippen molar-refractivity contribution in [2.45, 2.75) is 32.4 Å². The molecule has 6 N–H and O–H groups in total. The second-order valence-corrected chi connectivity index (χ2v) is 8.85. The Morgan fingerprint density at radius 2 is 1.84 bits per heavy atom. The molecule has 0 aliphatic carbocycles. The molecule has 9 nitrogen and oxygen atoms in total. The molecule has 38 heavy (non-hydrogen) atoms. The highest BCUT2D eigenvalue weighted by Crippen LogP contribution is 2.22. The maximum absolute atomic E-state index is 13.2. The normalized spacial score (nSPS) is 11.4. The van der Waals surface area contributed by atoms with Crippen molar-refractivity contribution in [1.29, 1.82) is 5.26 Å². The molecule has 2 aromatic heterocycles. The molecular formula is C28H27FN8O. The van der Waals surface area contributed by atoms with Crippen molar-refractivity contribution in [1.82, 2.24) is 15.0 Å². The van der Waals surface area contributed by atoms with E-state index >= 15 is 0 Å². The van der Waals surface area contributed by atoms with Gasteiger partial charge in [-0.1, -0.05) is 24.3 Å². The molecular weight excluding hydrogens is 483 g/mol. The number of halogens is 1. The molecule has 1 amide bonds. The molecule has 4 rings (SSSR count). The SMILES string of the molecule is CC(N)CCc1nc(-c2ccc(CNc3ncc(C#N)cc3C(=O)Nc3ccc(F)cc3)cc2)cnc1N. The van der Waals surface area contributed by atoms with Gasteiger partial charge in [-0.05, 0) is 55.7 Å². The van der Waals surface area contributed by atoms with E-state index in [-0.39, 0.29) is 17.2 Å². The standard InChI is InChI=1S/C28H27FN8O/c1-17(31)2-11-24-26(32)33-16-25(37-24)20-5-3-18(4-6-20)14-34-27-23(12-19(13-30)15-35-27)28(38)36-22-9-7-21(29)8-10-22/h3-10,12,15-17H,2,11,14,31H2,1H3,(H2,32,33)(H,34,35)(H,36,38). The number of nitrogens with two attached hydrogens (primary N) is 2. The molecule has 2 heterocycles. The summed E-state index contributed by atoms with van der Waals surface area (Å²) >= 11 is 0. The number of anilines is 3. The minimum atomic E-state index is -0.471. The number of pyridine rings is 1. The first-order chi connectivity index (χ1) is 18.3. The lowest BCUT2D eigenvalue weighted by Crippen LogP contribution is -2.16. The van der Waals surface area contributed by atoms with Crippen LogP contribution in [0.1, 0.15) is 40.5 Å². The Morgan fingerprint density at radius 1 is 1.11 bits per heavy atom. The lowest BCUT2D eigenvalue weighted by Gasteiger charge is -2.12. The van der Waals surface area contributed by atoms with E-state index < -0.39 is 11.7 Å². The highest BCUT2D eigenvalue weighted by atomic mass is 19.1. The van der Waals surface area contributed by atoms with E-state index in [0.717, 1.165) is 23.2 Å². The summed E-state index contributed by atoms with van der Waals surface area (Å²) in [6, 6.07) is 16.6. The van der Waals surface area contributed by atoms with E-state index in [9.17, 15) is 14.4 Å². The zero-order valence-corrected chi connectivity index (χ0v) is 20.8. The zero-order valence-electron chi connectivity index (χ0n) is 20.8. The first kappa shape index (κ1) is 26.2. The summed E-state index contributed by atoms with van der Waals surface area (Å²) in [6.07, 6.45) is 4.45. The zero-order chi connectivity index (χ0) is 27.1. The smallest absolute Gasteiger partial charge is 0.259 e. The fourth-order valence-electron chi connectivity index (χ4n) is 3.67. The topological polar surface area (TPSA) is 156 Å². The van der Waals surface area contributed by atoms with E-state index in [0.29, 0.717) is 36.0 Å². The number of nitrogen functional groups attached to an aromatic ring is 1. The average Bonchev–Trinajstić information content (AvgIpc) is 2.93. The van der Waals surface area contributed by atoms with Crippen LogP contribution in [-0.4, -0.2) is 26.9 Å². The largest absolute Gasteiger partial charge is 0.382 e. The van der Waals surface area contributed by atoms with Crippen LogP contribution in [0.5, 0.6) is 0 Å². The van der Waals surface area contributed by atoms with Crippen molar-refractivity contribution in [2.75, 3.05) is 16.4 Å². The Hall–Kier alpha value is -4.88. The number of rotatable bonds is 9. The van der Waals surface area contributed by atoms with Gasteiger partial charge in [-0.2, -0.15) is 5.26 Å². The first-order valence-corrected chi connectivity index (χ1v) is 12.0. The number of hydrogen-bond acceptors (Lipinski definition) is 8. The summed E-state index contributed by atoms with van der Waals surface area (Å²) in [5.41, 5.74) is 16.0. The van der Waals surface area contributed by atoms with Gasteiger partial charge in [0.1, 0.15) is 23.5 Å². The van der Waals surface area contributed by atoms with Crippen LogP contribution >= 0.6 is 0 Å². The Balaban J connectivity index is 1.47. The molecule has 0 fully saturated rings. The summed E-state index contributed by atoms with van der Waals surface area (Å²) < 4.78 is 13.2. The van der Waals surface area contributed by atoms with Gasteiger partial charge in [0.25, 0.3) is 5.91 Å². The molecule has 0 spiro atoms. The maximum Gasteiger partial charge on any atom is 0.259 e. The second-order valence-electron chi connectivity index (χ2n) is 8.85. The monoisotopic (exact) mass is 510 g/mol. The highest BCUT2D eigenvalue weighted by Gasteiger charge is 2.15. The van der Waals surface area contributed by atoms with E-state index in [2.05, 4.69) is 25.6 Å². The van der Waals surface area contributed by atoms with Crippen molar-refractivity contribution in [3.05, 3.63) is 95.2 Å². The van der Waals surface area contributed by atoms with Gasteiger partial charge in [0.2, 0.25) is 0 Å². The van der Waals surface area contributed by atoms with Crippen LogP contribution in [-0.2, 0) is 13.0 Å². The molecule has 192 valence electrons. The van der Waals surface area contributed by atoms with Crippen LogP contribution in [0.15, 0.2) is 67.0 Å². The number of aryl methyl sites for hydroxylation is 1. The van der Waals surface area contributed by atoms with E-state index in [1.807, 2.05) is 37.3 Å². The summed E-state index contributed by atoms with van der Waals surface area (Å²) in [7, 11) is 0. The van der Waals surface area contributed by atoms with Gasteiger partial charge in [-0.3, -0.25) is 4.79 Å². The molecule has 0 saturated carbocycles. The molecule has 0 radical (unpaired) electrons. The van der Waals surface area contributed by atoms with Crippen molar-refractivity contribution < 1.29 is 9.18 Å². The molecule has 10 heteroatoms. The number of aromatic nitrogens is 3. The Labute approximate surface area is 219 Å². The molecule has 4 aromatic rings. The van der Waals surface area contributed by atoms with Crippen LogP contribution in [0.2, 0.25) is 0 Å². The minimum Gasteiger partial charge on any atom is -0.382 e. The number of benzene rings is 2. The van der Waals surface area contributed by atoms with Crippen LogP contribution < -0.4 is 22.1 Å². The van der Waals surface area contributed by atoms with Crippen LogP contribution in [0, 0.1) is 17.1 Å². The van der Waals surface area contributed by atoms with Crippen LogP contribution in [0.4, 0.5) is 21.7 Å². The predicted molar refractivity (Wildman–Crippen MR) is 144 cm³/mol. The van der Waals surface area contributed by atoms with Crippen molar-refractivity contribution >= 4 is 23.2 Å². The number of carbonyl (C=O) groups is 1. The van der Waals surface area contributed by atoms with Gasteiger partial charge >= 0.3 is 0 Å². The molecule has 0 saturated heterocycles. The number of nitrogens with one attached hydrogen (secondary N) is 2.